The van der Waals surface area contributed by atoms with Gasteiger partial charge in [0.2, 0.25) is 0 Å². The lowest BCUT2D eigenvalue weighted by Gasteiger charge is -2.20. The van der Waals surface area contributed by atoms with Gasteiger partial charge in [0, 0.05) is 10.6 Å². The molecule has 2 aromatic rings. The van der Waals surface area contributed by atoms with Crippen LogP contribution in [0.1, 0.15) is 24.1 Å². The standard InChI is InChI=1S/C15H14ClF2N/c1-2-19-15(10-4-3-5-11(16)8-10)13-9-12(17)6-7-14(13)18/h3-9,15,19H,2H2,1H3. The molecule has 2 rings (SSSR count). The van der Waals surface area contributed by atoms with E-state index in [2.05, 4.69) is 5.32 Å². The molecular weight excluding hydrogens is 268 g/mol. The molecule has 0 heterocycles. The smallest absolute Gasteiger partial charge is 0.128 e. The van der Waals surface area contributed by atoms with E-state index < -0.39 is 17.7 Å². The summed E-state index contributed by atoms with van der Waals surface area (Å²) in [4.78, 5) is 0. The number of nitrogens with one attached hydrogen (secondary N) is 1. The van der Waals surface area contributed by atoms with Gasteiger partial charge in [-0.1, -0.05) is 30.7 Å². The van der Waals surface area contributed by atoms with Crippen LogP contribution in [0.4, 0.5) is 8.78 Å². The van der Waals surface area contributed by atoms with E-state index in [1.54, 1.807) is 18.2 Å². The van der Waals surface area contributed by atoms with Crippen LogP contribution in [0.15, 0.2) is 42.5 Å². The maximum Gasteiger partial charge on any atom is 0.128 e. The lowest BCUT2D eigenvalue weighted by Crippen LogP contribution is -2.23. The molecule has 100 valence electrons. The van der Waals surface area contributed by atoms with Gasteiger partial charge in [0.25, 0.3) is 0 Å². The SMILES string of the molecule is CCNC(c1cccc(Cl)c1)c1cc(F)ccc1F. The van der Waals surface area contributed by atoms with Gasteiger partial charge >= 0.3 is 0 Å². The number of hydrogen-bond acceptors (Lipinski definition) is 1. The van der Waals surface area contributed by atoms with E-state index in [1.165, 1.54) is 6.07 Å². The third kappa shape index (κ3) is 3.31. The summed E-state index contributed by atoms with van der Waals surface area (Å²) < 4.78 is 27.2. The first-order valence-corrected chi connectivity index (χ1v) is 6.43. The van der Waals surface area contributed by atoms with Crippen molar-refractivity contribution in [3.8, 4) is 0 Å². The zero-order chi connectivity index (χ0) is 13.8. The number of rotatable bonds is 4. The lowest BCUT2D eigenvalue weighted by molar-refractivity contribution is 0.545. The number of hydrogen-bond donors (Lipinski definition) is 1. The minimum atomic E-state index is -0.457. The van der Waals surface area contributed by atoms with Crippen molar-refractivity contribution < 1.29 is 8.78 Å². The van der Waals surface area contributed by atoms with Crippen LogP contribution < -0.4 is 5.32 Å². The molecule has 4 heteroatoms. The third-order valence-corrected chi connectivity index (χ3v) is 3.09. The Balaban J connectivity index is 2.48. The lowest BCUT2D eigenvalue weighted by atomic mass is 9.98. The Morgan fingerprint density at radius 2 is 1.95 bits per heavy atom. The zero-order valence-corrected chi connectivity index (χ0v) is 11.2. The van der Waals surface area contributed by atoms with Gasteiger partial charge < -0.3 is 5.32 Å². The molecule has 1 atom stereocenters. The van der Waals surface area contributed by atoms with Gasteiger partial charge in [0.15, 0.2) is 0 Å². The largest absolute Gasteiger partial charge is 0.306 e. The fourth-order valence-electron chi connectivity index (χ4n) is 2.03. The molecule has 0 fully saturated rings. The summed E-state index contributed by atoms with van der Waals surface area (Å²) in [5.41, 5.74) is 1.09. The second-order valence-electron chi connectivity index (χ2n) is 4.21. The molecule has 0 saturated carbocycles. The highest BCUT2D eigenvalue weighted by atomic mass is 35.5. The summed E-state index contributed by atoms with van der Waals surface area (Å²) in [5.74, 6) is -0.895. The van der Waals surface area contributed by atoms with Crippen LogP contribution >= 0.6 is 11.6 Å². The molecule has 1 nitrogen and oxygen atoms in total. The molecule has 0 bridgehead atoms. The Labute approximate surface area is 116 Å². The molecule has 0 saturated heterocycles. The Bertz CT molecular complexity index is 572. The van der Waals surface area contributed by atoms with Gasteiger partial charge in [-0.15, -0.1) is 0 Å². The van der Waals surface area contributed by atoms with Crippen LogP contribution in [0.2, 0.25) is 5.02 Å². The minimum Gasteiger partial charge on any atom is -0.306 e. The monoisotopic (exact) mass is 281 g/mol. The van der Waals surface area contributed by atoms with Crippen molar-refractivity contribution in [2.45, 2.75) is 13.0 Å². The average Bonchev–Trinajstić information content (AvgIpc) is 2.39. The Hall–Kier alpha value is -1.45. The van der Waals surface area contributed by atoms with Gasteiger partial charge in [-0.25, -0.2) is 8.78 Å². The van der Waals surface area contributed by atoms with Crippen LogP contribution in [0.3, 0.4) is 0 Å². The van der Waals surface area contributed by atoms with E-state index in [9.17, 15) is 8.78 Å². The van der Waals surface area contributed by atoms with Crippen molar-refractivity contribution in [2.75, 3.05) is 6.54 Å². The van der Waals surface area contributed by atoms with Crippen molar-refractivity contribution >= 4 is 11.6 Å². The summed E-state index contributed by atoms with van der Waals surface area (Å²) in [6.07, 6.45) is 0. The average molecular weight is 282 g/mol. The van der Waals surface area contributed by atoms with Crippen molar-refractivity contribution in [1.29, 1.82) is 0 Å². The fourth-order valence-corrected chi connectivity index (χ4v) is 2.23. The molecule has 0 aliphatic heterocycles. The highest BCUT2D eigenvalue weighted by molar-refractivity contribution is 6.30. The predicted molar refractivity (Wildman–Crippen MR) is 73.3 cm³/mol. The number of halogens is 3. The van der Waals surface area contributed by atoms with Gasteiger partial charge in [0.05, 0.1) is 6.04 Å². The first-order chi connectivity index (χ1) is 9.11. The Morgan fingerprint density at radius 1 is 1.16 bits per heavy atom. The molecule has 1 unspecified atom stereocenters. The molecule has 1 N–H and O–H groups in total. The fraction of sp³-hybridized carbons (Fsp3) is 0.200. The maximum atomic E-state index is 13.9. The van der Waals surface area contributed by atoms with E-state index in [1.807, 2.05) is 13.0 Å². The van der Waals surface area contributed by atoms with E-state index in [4.69, 9.17) is 11.6 Å². The summed E-state index contributed by atoms with van der Waals surface area (Å²) in [6.45, 7) is 2.54. The molecule has 0 aliphatic rings. The quantitative estimate of drug-likeness (QED) is 0.880. The first-order valence-electron chi connectivity index (χ1n) is 6.05. The minimum absolute atomic E-state index is 0.282. The van der Waals surface area contributed by atoms with Crippen LogP contribution in [-0.2, 0) is 0 Å². The van der Waals surface area contributed by atoms with E-state index in [0.717, 1.165) is 17.7 Å². The molecule has 0 amide bonds. The molecule has 0 aromatic heterocycles. The highest BCUT2D eigenvalue weighted by Gasteiger charge is 2.18. The topological polar surface area (TPSA) is 12.0 Å². The van der Waals surface area contributed by atoms with Gasteiger partial charge in [0.1, 0.15) is 11.6 Å². The van der Waals surface area contributed by atoms with Crippen LogP contribution in [0.25, 0.3) is 0 Å². The van der Waals surface area contributed by atoms with E-state index in [-0.39, 0.29) is 5.56 Å². The normalized spacial score (nSPS) is 12.4. The molecule has 19 heavy (non-hydrogen) atoms. The molecule has 0 radical (unpaired) electrons. The summed E-state index contributed by atoms with van der Waals surface area (Å²) in [6, 6.07) is 10.2. The number of benzene rings is 2. The van der Waals surface area contributed by atoms with Crippen molar-refractivity contribution in [1.82, 2.24) is 5.32 Å². The Morgan fingerprint density at radius 3 is 2.63 bits per heavy atom. The zero-order valence-electron chi connectivity index (χ0n) is 10.5. The summed E-state index contributed by atoms with van der Waals surface area (Å²) in [7, 11) is 0. The second-order valence-corrected chi connectivity index (χ2v) is 4.65. The predicted octanol–water partition coefficient (Wildman–Crippen LogP) is 4.32. The van der Waals surface area contributed by atoms with Gasteiger partial charge in [-0.2, -0.15) is 0 Å². The first kappa shape index (κ1) is 14.0. The molecule has 0 spiro atoms. The van der Waals surface area contributed by atoms with E-state index >= 15 is 0 Å². The van der Waals surface area contributed by atoms with Gasteiger partial charge in [-0.3, -0.25) is 0 Å². The second kappa shape index (κ2) is 6.13. The molecule has 0 aliphatic carbocycles. The van der Waals surface area contributed by atoms with E-state index in [0.29, 0.717) is 11.6 Å². The van der Waals surface area contributed by atoms with Crippen LogP contribution in [-0.4, -0.2) is 6.54 Å². The maximum absolute atomic E-state index is 13.9. The highest BCUT2D eigenvalue weighted by Crippen LogP contribution is 2.26. The third-order valence-electron chi connectivity index (χ3n) is 2.86. The summed E-state index contributed by atoms with van der Waals surface area (Å²) >= 11 is 5.95. The van der Waals surface area contributed by atoms with Crippen molar-refractivity contribution in [3.63, 3.8) is 0 Å². The van der Waals surface area contributed by atoms with Crippen LogP contribution in [0.5, 0.6) is 0 Å². The van der Waals surface area contributed by atoms with Crippen molar-refractivity contribution in [2.24, 2.45) is 0 Å². The Kier molecular flexibility index (Phi) is 4.51. The molecule has 2 aromatic carbocycles. The summed E-state index contributed by atoms with van der Waals surface area (Å²) in [5, 5.41) is 3.71. The molecular formula is C15H14ClF2N. The van der Waals surface area contributed by atoms with Crippen LogP contribution in [0, 0.1) is 11.6 Å². The van der Waals surface area contributed by atoms with Crippen molar-refractivity contribution in [3.05, 3.63) is 70.2 Å². The van der Waals surface area contributed by atoms with Gasteiger partial charge in [-0.05, 0) is 42.4 Å².